The molecule has 2 unspecified atom stereocenters. The van der Waals surface area contributed by atoms with Crippen molar-refractivity contribution in [3.05, 3.63) is 47.5 Å². The van der Waals surface area contributed by atoms with E-state index in [4.69, 9.17) is 4.74 Å². The molecule has 1 heterocycles. The van der Waals surface area contributed by atoms with Gasteiger partial charge in [-0.3, -0.25) is 0 Å². The zero-order chi connectivity index (χ0) is 13.0. The Morgan fingerprint density at radius 1 is 1.33 bits per heavy atom. The van der Waals surface area contributed by atoms with Gasteiger partial charge >= 0.3 is 0 Å². The molecule has 1 aromatic carbocycles. The lowest BCUT2D eigenvalue weighted by molar-refractivity contribution is 0.319. The van der Waals surface area contributed by atoms with Gasteiger partial charge < -0.3 is 4.74 Å². The summed E-state index contributed by atoms with van der Waals surface area (Å²) in [4.78, 5) is 0. The maximum absolute atomic E-state index is 5.83. The molecule has 3 atom stereocenters. The molecule has 2 rings (SSSR count). The maximum Gasteiger partial charge on any atom is 0.109 e. The standard InChI is InChI=1S/C16H22OS/c1-3-4-5-6-12(2)15-16(17-15)14-9-7-13(11-18)8-10-14/h3-4,7-10,12,15-16,18H,5-6,11H2,1-2H3/b4-3+/t12-,15?,16?/m0/s1. The van der Waals surface area contributed by atoms with Gasteiger partial charge in [0.15, 0.2) is 0 Å². The van der Waals surface area contributed by atoms with Gasteiger partial charge in [0.1, 0.15) is 6.10 Å². The maximum atomic E-state index is 5.83. The van der Waals surface area contributed by atoms with Gasteiger partial charge in [0, 0.05) is 5.75 Å². The van der Waals surface area contributed by atoms with Crippen molar-refractivity contribution in [2.45, 2.75) is 44.6 Å². The number of benzene rings is 1. The van der Waals surface area contributed by atoms with Crippen LogP contribution in [0.4, 0.5) is 0 Å². The predicted octanol–water partition coefficient (Wildman–Crippen LogP) is 4.55. The molecule has 1 nitrogen and oxygen atoms in total. The van der Waals surface area contributed by atoms with Crippen molar-refractivity contribution in [3.63, 3.8) is 0 Å². The van der Waals surface area contributed by atoms with E-state index in [9.17, 15) is 0 Å². The monoisotopic (exact) mass is 262 g/mol. The van der Waals surface area contributed by atoms with Gasteiger partial charge in [-0.05, 0) is 36.8 Å². The fraction of sp³-hybridized carbons (Fsp3) is 0.500. The lowest BCUT2D eigenvalue weighted by Gasteiger charge is -2.06. The zero-order valence-corrected chi connectivity index (χ0v) is 12.1. The number of epoxide rings is 1. The van der Waals surface area contributed by atoms with Gasteiger partial charge in [-0.25, -0.2) is 0 Å². The van der Waals surface area contributed by atoms with Crippen LogP contribution in [-0.2, 0) is 10.5 Å². The largest absolute Gasteiger partial charge is 0.364 e. The fourth-order valence-electron chi connectivity index (χ4n) is 2.33. The van der Waals surface area contributed by atoms with Crippen LogP contribution in [0.5, 0.6) is 0 Å². The number of ether oxygens (including phenoxy) is 1. The molecule has 0 amide bonds. The Bertz CT molecular complexity index is 396. The van der Waals surface area contributed by atoms with Gasteiger partial charge in [0.05, 0.1) is 6.10 Å². The van der Waals surface area contributed by atoms with Crippen LogP contribution in [0.25, 0.3) is 0 Å². The normalized spacial score (nSPS) is 24.4. The molecule has 1 saturated heterocycles. The van der Waals surface area contributed by atoms with E-state index in [0.717, 1.165) is 12.2 Å². The van der Waals surface area contributed by atoms with E-state index in [0.29, 0.717) is 18.1 Å². The third-order valence-corrected chi connectivity index (χ3v) is 3.97. The summed E-state index contributed by atoms with van der Waals surface area (Å²) in [5, 5.41) is 0. The van der Waals surface area contributed by atoms with E-state index in [-0.39, 0.29) is 0 Å². The van der Waals surface area contributed by atoms with E-state index < -0.39 is 0 Å². The Balaban J connectivity index is 1.85. The molecule has 0 aromatic heterocycles. The van der Waals surface area contributed by atoms with Gasteiger partial charge in [-0.15, -0.1) is 0 Å². The Morgan fingerprint density at radius 3 is 2.67 bits per heavy atom. The van der Waals surface area contributed by atoms with Crippen molar-refractivity contribution < 1.29 is 4.74 Å². The van der Waals surface area contributed by atoms with Gasteiger partial charge in [0.2, 0.25) is 0 Å². The Kier molecular flexibility index (Phi) is 4.90. The van der Waals surface area contributed by atoms with Crippen LogP contribution in [0.3, 0.4) is 0 Å². The molecule has 0 N–H and O–H groups in total. The summed E-state index contributed by atoms with van der Waals surface area (Å²) in [6.45, 7) is 4.36. The highest BCUT2D eigenvalue weighted by atomic mass is 32.1. The smallest absolute Gasteiger partial charge is 0.109 e. The first-order valence-electron chi connectivity index (χ1n) is 6.72. The minimum atomic E-state index is 0.319. The van der Waals surface area contributed by atoms with Crippen molar-refractivity contribution in [2.75, 3.05) is 0 Å². The second-order valence-electron chi connectivity index (χ2n) is 5.04. The molecule has 2 heteroatoms. The highest BCUT2D eigenvalue weighted by Gasteiger charge is 2.43. The highest BCUT2D eigenvalue weighted by molar-refractivity contribution is 7.79. The summed E-state index contributed by atoms with van der Waals surface area (Å²) in [5.41, 5.74) is 2.57. The first kappa shape index (κ1) is 13.7. The minimum Gasteiger partial charge on any atom is -0.364 e. The average molecular weight is 262 g/mol. The molecule has 98 valence electrons. The van der Waals surface area contributed by atoms with E-state index in [1.54, 1.807) is 0 Å². The Morgan fingerprint density at radius 2 is 2.06 bits per heavy atom. The van der Waals surface area contributed by atoms with Crippen LogP contribution in [0, 0.1) is 5.92 Å². The summed E-state index contributed by atoms with van der Waals surface area (Å²) in [5.74, 6) is 1.44. The van der Waals surface area contributed by atoms with Crippen molar-refractivity contribution in [1.29, 1.82) is 0 Å². The minimum absolute atomic E-state index is 0.319. The summed E-state index contributed by atoms with van der Waals surface area (Å²) >= 11 is 4.27. The molecule has 0 radical (unpaired) electrons. The first-order chi connectivity index (χ1) is 8.76. The molecule has 1 aliphatic rings. The van der Waals surface area contributed by atoms with Crippen molar-refractivity contribution in [3.8, 4) is 0 Å². The summed E-state index contributed by atoms with van der Waals surface area (Å²) < 4.78 is 5.83. The van der Waals surface area contributed by atoms with E-state index in [2.05, 4.69) is 62.9 Å². The molecule has 1 aromatic rings. The van der Waals surface area contributed by atoms with E-state index >= 15 is 0 Å². The number of allylic oxidation sites excluding steroid dienone is 2. The summed E-state index contributed by atoms with van der Waals surface area (Å²) in [6, 6.07) is 8.64. The summed E-state index contributed by atoms with van der Waals surface area (Å²) in [6.07, 6.45) is 7.45. The average Bonchev–Trinajstić information content (AvgIpc) is 3.19. The molecule has 1 fully saturated rings. The molecular weight excluding hydrogens is 240 g/mol. The van der Waals surface area contributed by atoms with Crippen LogP contribution in [-0.4, -0.2) is 6.10 Å². The molecule has 0 spiro atoms. The quantitative estimate of drug-likeness (QED) is 0.451. The van der Waals surface area contributed by atoms with Crippen LogP contribution in [0.2, 0.25) is 0 Å². The molecule has 1 aliphatic heterocycles. The van der Waals surface area contributed by atoms with Crippen LogP contribution in [0.1, 0.15) is 43.9 Å². The van der Waals surface area contributed by atoms with E-state index in [1.165, 1.54) is 17.5 Å². The Hall–Kier alpha value is -0.730. The predicted molar refractivity (Wildman–Crippen MR) is 80.0 cm³/mol. The number of hydrogen-bond acceptors (Lipinski definition) is 2. The number of hydrogen-bond donors (Lipinski definition) is 1. The van der Waals surface area contributed by atoms with Crippen LogP contribution in [0.15, 0.2) is 36.4 Å². The highest BCUT2D eigenvalue weighted by Crippen LogP contribution is 2.44. The third kappa shape index (κ3) is 3.39. The topological polar surface area (TPSA) is 12.5 Å². The molecule has 0 saturated carbocycles. The van der Waals surface area contributed by atoms with E-state index in [1.807, 2.05) is 0 Å². The van der Waals surface area contributed by atoms with Crippen LogP contribution < -0.4 is 0 Å². The first-order valence-corrected chi connectivity index (χ1v) is 7.35. The fourth-order valence-corrected chi connectivity index (χ4v) is 2.54. The SMILES string of the molecule is C/C=C/CC[C@H](C)C1OC1c1ccc(CS)cc1. The third-order valence-electron chi connectivity index (χ3n) is 3.60. The molecule has 0 bridgehead atoms. The number of thiol groups is 1. The van der Waals surface area contributed by atoms with Crippen molar-refractivity contribution >= 4 is 12.6 Å². The lowest BCUT2D eigenvalue weighted by atomic mass is 9.96. The van der Waals surface area contributed by atoms with Gasteiger partial charge in [-0.1, -0.05) is 43.3 Å². The van der Waals surface area contributed by atoms with Gasteiger partial charge in [0.25, 0.3) is 0 Å². The summed E-state index contributed by atoms with van der Waals surface area (Å²) in [7, 11) is 0. The molecule has 18 heavy (non-hydrogen) atoms. The lowest BCUT2D eigenvalue weighted by Crippen LogP contribution is -2.03. The Labute approximate surface area is 116 Å². The second-order valence-corrected chi connectivity index (χ2v) is 5.36. The zero-order valence-electron chi connectivity index (χ0n) is 11.2. The van der Waals surface area contributed by atoms with Crippen LogP contribution >= 0.6 is 12.6 Å². The van der Waals surface area contributed by atoms with Crippen molar-refractivity contribution in [2.24, 2.45) is 5.92 Å². The van der Waals surface area contributed by atoms with Gasteiger partial charge in [-0.2, -0.15) is 12.6 Å². The molecular formula is C16H22OS. The number of rotatable bonds is 6. The van der Waals surface area contributed by atoms with Crippen molar-refractivity contribution in [1.82, 2.24) is 0 Å². The second kappa shape index (κ2) is 6.44. The molecule has 0 aliphatic carbocycles.